The molecule has 3 N–H and O–H groups in total. The van der Waals surface area contributed by atoms with Crippen molar-refractivity contribution < 1.29 is 9.90 Å². The van der Waals surface area contributed by atoms with Crippen molar-refractivity contribution in [2.45, 2.75) is 12.3 Å². The van der Waals surface area contributed by atoms with Gasteiger partial charge in [-0.3, -0.25) is 4.79 Å². The summed E-state index contributed by atoms with van der Waals surface area (Å²) in [7, 11) is 0. The Kier molecular flexibility index (Phi) is 3.52. The van der Waals surface area contributed by atoms with Crippen LogP contribution in [0, 0.1) is 0 Å². The zero-order valence-electron chi connectivity index (χ0n) is 11.7. The van der Waals surface area contributed by atoms with Crippen LogP contribution in [0.15, 0.2) is 48.5 Å². The lowest BCUT2D eigenvalue weighted by atomic mass is 9.99. The van der Waals surface area contributed by atoms with Gasteiger partial charge in [-0.05, 0) is 24.1 Å². The lowest BCUT2D eigenvalue weighted by molar-refractivity contribution is 0.0788. The molecule has 1 aliphatic heterocycles. The molecule has 1 fully saturated rings. The van der Waals surface area contributed by atoms with Gasteiger partial charge in [-0.2, -0.15) is 0 Å². The summed E-state index contributed by atoms with van der Waals surface area (Å²) >= 11 is 0. The molecule has 0 spiro atoms. The molecule has 1 aliphatic rings. The number of amides is 1. The Bertz CT molecular complexity index is 655. The predicted octanol–water partition coefficient (Wildman–Crippen LogP) is 2.60. The van der Waals surface area contributed by atoms with Gasteiger partial charge in [0.05, 0.1) is 11.3 Å². The van der Waals surface area contributed by atoms with E-state index in [0.29, 0.717) is 19.0 Å². The first kappa shape index (κ1) is 13.5. The summed E-state index contributed by atoms with van der Waals surface area (Å²) in [5.41, 5.74) is 7.43. The Morgan fingerprint density at radius 1 is 1.14 bits per heavy atom. The minimum atomic E-state index is -0.154. The molecule has 108 valence electrons. The van der Waals surface area contributed by atoms with Gasteiger partial charge in [-0.25, -0.2) is 0 Å². The SMILES string of the molecule is Nc1cccc(C(=O)N2CCC(c3ccccc3)C2)c1O. The van der Waals surface area contributed by atoms with E-state index in [4.69, 9.17) is 5.73 Å². The first-order valence-electron chi connectivity index (χ1n) is 7.08. The Morgan fingerprint density at radius 2 is 1.90 bits per heavy atom. The van der Waals surface area contributed by atoms with Gasteiger partial charge in [-0.15, -0.1) is 0 Å². The lowest BCUT2D eigenvalue weighted by Gasteiger charge is -2.18. The van der Waals surface area contributed by atoms with Crippen molar-refractivity contribution in [3.05, 3.63) is 59.7 Å². The zero-order chi connectivity index (χ0) is 14.8. The van der Waals surface area contributed by atoms with E-state index in [1.807, 2.05) is 18.2 Å². The number of para-hydroxylation sites is 1. The number of anilines is 1. The third kappa shape index (κ3) is 2.57. The second kappa shape index (κ2) is 5.48. The molecule has 1 amide bonds. The highest BCUT2D eigenvalue weighted by molar-refractivity contribution is 5.98. The molecular weight excluding hydrogens is 264 g/mol. The van der Waals surface area contributed by atoms with E-state index < -0.39 is 0 Å². The minimum Gasteiger partial charge on any atom is -0.505 e. The molecule has 0 aliphatic carbocycles. The Hall–Kier alpha value is -2.49. The van der Waals surface area contributed by atoms with Crippen molar-refractivity contribution in [1.82, 2.24) is 4.90 Å². The van der Waals surface area contributed by atoms with Crippen LogP contribution in [0.1, 0.15) is 28.3 Å². The number of hydrogen-bond acceptors (Lipinski definition) is 3. The molecule has 0 aromatic heterocycles. The summed E-state index contributed by atoms with van der Waals surface area (Å²) < 4.78 is 0. The number of rotatable bonds is 2. The molecular formula is C17H18N2O2. The first-order chi connectivity index (χ1) is 10.2. The highest BCUT2D eigenvalue weighted by Gasteiger charge is 2.29. The molecule has 0 saturated carbocycles. The van der Waals surface area contributed by atoms with Crippen LogP contribution in [-0.2, 0) is 0 Å². The van der Waals surface area contributed by atoms with Gasteiger partial charge in [0.25, 0.3) is 5.91 Å². The molecule has 21 heavy (non-hydrogen) atoms. The van der Waals surface area contributed by atoms with Crippen molar-refractivity contribution in [3.63, 3.8) is 0 Å². The Morgan fingerprint density at radius 3 is 2.67 bits per heavy atom. The van der Waals surface area contributed by atoms with Crippen molar-refractivity contribution >= 4 is 11.6 Å². The molecule has 0 bridgehead atoms. The van der Waals surface area contributed by atoms with Crippen molar-refractivity contribution in [1.29, 1.82) is 0 Å². The fourth-order valence-corrected chi connectivity index (χ4v) is 2.85. The zero-order valence-corrected chi connectivity index (χ0v) is 11.7. The molecule has 1 atom stereocenters. The van der Waals surface area contributed by atoms with Crippen molar-refractivity contribution in [3.8, 4) is 5.75 Å². The maximum absolute atomic E-state index is 12.5. The van der Waals surface area contributed by atoms with E-state index >= 15 is 0 Å². The third-order valence-electron chi connectivity index (χ3n) is 4.04. The van der Waals surface area contributed by atoms with Crippen LogP contribution in [0.4, 0.5) is 5.69 Å². The maximum atomic E-state index is 12.5. The molecule has 2 aromatic rings. The number of likely N-dealkylation sites (tertiary alicyclic amines) is 1. The van der Waals surface area contributed by atoms with Crippen LogP contribution in [0.25, 0.3) is 0 Å². The fraction of sp³-hybridized carbons (Fsp3) is 0.235. The first-order valence-corrected chi connectivity index (χ1v) is 7.08. The summed E-state index contributed by atoms with van der Waals surface area (Å²) in [4.78, 5) is 14.3. The summed E-state index contributed by atoms with van der Waals surface area (Å²) in [5.74, 6) is 0.0854. The smallest absolute Gasteiger partial charge is 0.257 e. The highest BCUT2D eigenvalue weighted by atomic mass is 16.3. The molecule has 4 heteroatoms. The normalized spacial score (nSPS) is 17.9. The average molecular weight is 282 g/mol. The molecule has 1 heterocycles. The van der Waals surface area contributed by atoms with Gasteiger partial charge in [-0.1, -0.05) is 36.4 Å². The molecule has 1 saturated heterocycles. The third-order valence-corrected chi connectivity index (χ3v) is 4.04. The Balaban J connectivity index is 1.77. The summed E-state index contributed by atoms with van der Waals surface area (Å²) in [6, 6.07) is 15.1. The van der Waals surface area contributed by atoms with E-state index in [-0.39, 0.29) is 22.9 Å². The van der Waals surface area contributed by atoms with Crippen LogP contribution in [0.5, 0.6) is 5.75 Å². The number of nitrogen functional groups attached to an aromatic ring is 1. The van der Waals surface area contributed by atoms with Crippen molar-refractivity contribution in [2.75, 3.05) is 18.8 Å². The quantitative estimate of drug-likeness (QED) is 0.657. The number of carbonyl (C=O) groups is 1. The number of phenols is 1. The number of aromatic hydroxyl groups is 1. The van der Waals surface area contributed by atoms with Crippen molar-refractivity contribution in [2.24, 2.45) is 0 Å². The number of nitrogens with two attached hydrogens (primary N) is 1. The van der Waals surface area contributed by atoms with Crippen LogP contribution < -0.4 is 5.73 Å². The van der Waals surface area contributed by atoms with Gasteiger partial charge in [0.15, 0.2) is 5.75 Å². The number of phenolic OH excluding ortho intramolecular Hbond substituents is 1. The predicted molar refractivity (Wildman–Crippen MR) is 82.2 cm³/mol. The van der Waals surface area contributed by atoms with E-state index in [1.165, 1.54) is 5.56 Å². The minimum absolute atomic E-state index is 0.120. The molecule has 4 nitrogen and oxygen atoms in total. The average Bonchev–Trinajstić information content (AvgIpc) is 3.00. The fourth-order valence-electron chi connectivity index (χ4n) is 2.85. The highest BCUT2D eigenvalue weighted by Crippen LogP contribution is 2.31. The molecule has 3 rings (SSSR count). The van der Waals surface area contributed by atoms with Crippen LogP contribution >= 0.6 is 0 Å². The van der Waals surface area contributed by atoms with E-state index in [0.717, 1.165) is 6.42 Å². The largest absolute Gasteiger partial charge is 0.505 e. The molecule has 1 unspecified atom stereocenters. The standard InChI is InChI=1S/C17H18N2O2/c18-15-8-4-7-14(16(15)20)17(21)19-10-9-13(11-19)12-5-2-1-3-6-12/h1-8,13,20H,9-11,18H2. The van der Waals surface area contributed by atoms with Crippen LogP contribution in [0.3, 0.4) is 0 Å². The van der Waals surface area contributed by atoms with Gasteiger partial charge in [0.1, 0.15) is 0 Å². The van der Waals surface area contributed by atoms with E-state index in [2.05, 4.69) is 12.1 Å². The van der Waals surface area contributed by atoms with Gasteiger partial charge in [0.2, 0.25) is 0 Å². The second-order valence-electron chi connectivity index (χ2n) is 5.39. The monoisotopic (exact) mass is 282 g/mol. The molecule has 0 radical (unpaired) electrons. The second-order valence-corrected chi connectivity index (χ2v) is 5.39. The van der Waals surface area contributed by atoms with Gasteiger partial charge in [0, 0.05) is 19.0 Å². The summed E-state index contributed by atoms with van der Waals surface area (Å²) in [6.45, 7) is 1.38. The topological polar surface area (TPSA) is 66.6 Å². The van der Waals surface area contributed by atoms with Gasteiger partial charge >= 0.3 is 0 Å². The van der Waals surface area contributed by atoms with Gasteiger partial charge < -0.3 is 15.7 Å². The van der Waals surface area contributed by atoms with Crippen LogP contribution in [0.2, 0.25) is 0 Å². The number of nitrogens with zero attached hydrogens (tertiary/aromatic N) is 1. The Labute approximate surface area is 123 Å². The van der Waals surface area contributed by atoms with E-state index in [9.17, 15) is 9.90 Å². The maximum Gasteiger partial charge on any atom is 0.257 e. The van der Waals surface area contributed by atoms with E-state index in [1.54, 1.807) is 23.1 Å². The number of hydrogen-bond donors (Lipinski definition) is 2. The molecule has 2 aromatic carbocycles. The summed E-state index contributed by atoms with van der Waals surface area (Å²) in [6.07, 6.45) is 0.943. The lowest BCUT2D eigenvalue weighted by Crippen LogP contribution is -2.28. The number of carbonyl (C=O) groups excluding carboxylic acids is 1. The van der Waals surface area contributed by atoms with Crippen LogP contribution in [-0.4, -0.2) is 29.0 Å². The number of benzene rings is 2. The summed E-state index contributed by atoms with van der Waals surface area (Å²) in [5, 5.41) is 9.94.